The summed E-state index contributed by atoms with van der Waals surface area (Å²) in [5.41, 5.74) is 1.89. The number of para-hydroxylation sites is 1. The fraction of sp³-hybridized carbons (Fsp3) is 0.263. The van der Waals surface area contributed by atoms with Crippen molar-refractivity contribution in [2.75, 3.05) is 6.54 Å². The number of nitrogens with zero attached hydrogens (tertiary/aromatic N) is 2. The highest BCUT2D eigenvalue weighted by Crippen LogP contribution is 2.36. The number of hydrogen-bond donors (Lipinski definition) is 0. The van der Waals surface area contributed by atoms with Crippen LogP contribution in [0.1, 0.15) is 29.5 Å². The molecule has 1 atom stereocenters. The van der Waals surface area contributed by atoms with E-state index < -0.39 is 0 Å². The molecule has 1 unspecified atom stereocenters. The molecule has 1 amide bonds. The minimum atomic E-state index is 0.0765. The van der Waals surface area contributed by atoms with E-state index in [1.165, 1.54) is 4.70 Å². The number of likely N-dealkylation sites (tertiary alicyclic amines) is 1. The second kappa shape index (κ2) is 6.94. The Hall–Kier alpha value is -1.62. The van der Waals surface area contributed by atoms with Crippen LogP contribution in [-0.4, -0.2) is 22.3 Å². The van der Waals surface area contributed by atoms with E-state index >= 15 is 0 Å². The highest BCUT2D eigenvalue weighted by atomic mass is 35.5. The Kier molecular flexibility index (Phi) is 4.67. The topological polar surface area (TPSA) is 33.2 Å². The maximum atomic E-state index is 12.8. The zero-order valence-electron chi connectivity index (χ0n) is 13.4. The summed E-state index contributed by atoms with van der Waals surface area (Å²) in [5.74, 6) is 0.111. The zero-order valence-corrected chi connectivity index (χ0v) is 15.7. The van der Waals surface area contributed by atoms with Gasteiger partial charge in [-0.15, -0.1) is 11.3 Å². The van der Waals surface area contributed by atoms with Crippen molar-refractivity contribution in [3.63, 3.8) is 0 Å². The largest absolute Gasteiger partial charge is 0.333 e. The molecule has 1 aliphatic heterocycles. The molecule has 4 rings (SSSR count). The summed E-state index contributed by atoms with van der Waals surface area (Å²) in [6, 6.07) is 13.5. The smallest absolute Gasteiger partial charge is 0.227 e. The molecular formula is C19H16Cl2N2OS. The molecule has 25 heavy (non-hydrogen) atoms. The zero-order chi connectivity index (χ0) is 17.4. The molecule has 0 N–H and O–H groups in total. The van der Waals surface area contributed by atoms with Crippen LogP contribution in [0.5, 0.6) is 0 Å². The molecule has 1 saturated heterocycles. The molecule has 128 valence electrons. The molecule has 2 heterocycles. The van der Waals surface area contributed by atoms with Crippen molar-refractivity contribution < 1.29 is 4.79 Å². The Morgan fingerprint density at radius 1 is 1.20 bits per heavy atom. The number of halogens is 2. The molecule has 2 aromatic carbocycles. The molecule has 3 nitrogen and oxygen atoms in total. The summed E-state index contributed by atoms with van der Waals surface area (Å²) < 4.78 is 1.17. The van der Waals surface area contributed by atoms with E-state index in [-0.39, 0.29) is 11.9 Å². The van der Waals surface area contributed by atoms with Crippen molar-refractivity contribution in [3.8, 4) is 0 Å². The number of thiazole rings is 1. The molecule has 0 spiro atoms. The lowest BCUT2D eigenvalue weighted by Gasteiger charge is -2.23. The van der Waals surface area contributed by atoms with E-state index in [4.69, 9.17) is 28.2 Å². The van der Waals surface area contributed by atoms with Crippen molar-refractivity contribution >= 4 is 50.7 Å². The number of hydrogen-bond acceptors (Lipinski definition) is 3. The normalized spacial score (nSPS) is 17.4. The number of carbonyl (C=O) groups excluding carboxylic acids is 1. The van der Waals surface area contributed by atoms with Crippen LogP contribution in [0, 0.1) is 0 Å². The Bertz CT molecular complexity index is 907. The lowest BCUT2D eigenvalue weighted by atomic mass is 10.1. The van der Waals surface area contributed by atoms with Crippen LogP contribution >= 0.6 is 34.5 Å². The Labute approximate surface area is 160 Å². The van der Waals surface area contributed by atoms with Crippen LogP contribution in [0.15, 0.2) is 42.5 Å². The van der Waals surface area contributed by atoms with Gasteiger partial charge in [0.1, 0.15) is 5.01 Å². The summed E-state index contributed by atoms with van der Waals surface area (Å²) in [4.78, 5) is 19.5. The number of aromatic nitrogens is 1. The molecule has 0 aliphatic carbocycles. The van der Waals surface area contributed by atoms with Crippen LogP contribution < -0.4 is 0 Å². The van der Waals surface area contributed by atoms with E-state index in [0.29, 0.717) is 16.5 Å². The Balaban J connectivity index is 1.56. The van der Waals surface area contributed by atoms with E-state index in [9.17, 15) is 4.79 Å². The predicted octanol–water partition coefficient (Wildman–Crippen LogP) is 5.51. The fourth-order valence-electron chi connectivity index (χ4n) is 3.28. The molecule has 0 radical (unpaired) electrons. The molecule has 0 bridgehead atoms. The van der Waals surface area contributed by atoms with Gasteiger partial charge in [0.15, 0.2) is 0 Å². The van der Waals surface area contributed by atoms with Crippen molar-refractivity contribution in [3.05, 3.63) is 63.1 Å². The summed E-state index contributed by atoms with van der Waals surface area (Å²) >= 11 is 13.7. The van der Waals surface area contributed by atoms with Gasteiger partial charge in [-0.25, -0.2) is 4.98 Å². The number of benzene rings is 2. The molecule has 3 aromatic rings. The van der Waals surface area contributed by atoms with Gasteiger partial charge in [0.05, 0.1) is 32.7 Å². The fourth-order valence-corrected chi connectivity index (χ4v) is 4.72. The molecule has 1 aromatic heterocycles. The van der Waals surface area contributed by atoms with E-state index in [0.717, 1.165) is 35.5 Å². The van der Waals surface area contributed by atoms with Crippen molar-refractivity contribution in [2.45, 2.75) is 25.3 Å². The average molecular weight is 391 g/mol. The van der Waals surface area contributed by atoms with Gasteiger partial charge in [-0.3, -0.25) is 4.79 Å². The number of rotatable bonds is 3. The second-order valence-corrected chi connectivity index (χ2v) is 8.07. The Morgan fingerprint density at radius 3 is 2.84 bits per heavy atom. The third-order valence-corrected chi connectivity index (χ3v) is 6.38. The summed E-state index contributed by atoms with van der Waals surface area (Å²) in [6.45, 7) is 0.779. The van der Waals surface area contributed by atoms with Gasteiger partial charge in [0, 0.05) is 6.54 Å². The summed E-state index contributed by atoms with van der Waals surface area (Å²) in [5, 5.41) is 2.02. The van der Waals surface area contributed by atoms with Crippen LogP contribution in [0.25, 0.3) is 10.2 Å². The van der Waals surface area contributed by atoms with Gasteiger partial charge in [-0.2, -0.15) is 0 Å². The van der Waals surface area contributed by atoms with Gasteiger partial charge in [0.2, 0.25) is 5.91 Å². The minimum Gasteiger partial charge on any atom is -0.333 e. The first-order valence-electron chi connectivity index (χ1n) is 8.20. The van der Waals surface area contributed by atoms with E-state index in [1.54, 1.807) is 23.5 Å². The summed E-state index contributed by atoms with van der Waals surface area (Å²) in [6.07, 6.45) is 2.30. The second-order valence-electron chi connectivity index (χ2n) is 6.19. The standard InChI is InChI=1S/C19H16Cl2N2OS/c20-13-8-7-12(10-14(13)21)11-18(24)23-9-3-5-16(23)19-22-15-4-1-2-6-17(15)25-19/h1-2,4,6-8,10,16H,3,5,9,11H2. The van der Waals surface area contributed by atoms with Gasteiger partial charge >= 0.3 is 0 Å². The molecule has 1 aliphatic rings. The van der Waals surface area contributed by atoms with Crippen LogP contribution in [0.3, 0.4) is 0 Å². The maximum Gasteiger partial charge on any atom is 0.227 e. The predicted molar refractivity (Wildman–Crippen MR) is 103 cm³/mol. The first kappa shape index (κ1) is 16.8. The van der Waals surface area contributed by atoms with Crippen LogP contribution in [0.4, 0.5) is 0 Å². The van der Waals surface area contributed by atoms with Gasteiger partial charge in [-0.1, -0.05) is 41.4 Å². The monoisotopic (exact) mass is 390 g/mol. The van der Waals surface area contributed by atoms with E-state index in [1.807, 2.05) is 29.2 Å². The third kappa shape index (κ3) is 3.39. The van der Waals surface area contributed by atoms with E-state index in [2.05, 4.69) is 6.07 Å². The first-order valence-corrected chi connectivity index (χ1v) is 9.78. The lowest BCUT2D eigenvalue weighted by molar-refractivity contribution is -0.131. The van der Waals surface area contributed by atoms with Crippen molar-refractivity contribution in [1.82, 2.24) is 9.88 Å². The molecule has 0 saturated carbocycles. The highest BCUT2D eigenvalue weighted by Gasteiger charge is 2.32. The maximum absolute atomic E-state index is 12.8. The van der Waals surface area contributed by atoms with Gasteiger partial charge in [0.25, 0.3) is 0 Å². The van der Waals surface area contributed by atoms with Gasteiger partial charge in [-0.05, 0) is 42.7 Å². The van der Waals surface area contributed by atoms with Gasteiger partial charge < -0.3 is 4.90 Å². The SMILES string of the molecule is O=C(Cc1ccc(Cl)c(Cl)c1)N1CCCC1c1nc2ccccc2s1. The van der Waals surface area contributed by atoms with Crippen molar-refractivity contribution in [1.29, 1.82) is 0 Å². The minimum absolute atomic E-state index is 0.0765. The highest BCUT2D eigenvalue weighted by molar-refractivity contribution is 7.18. The number of amides is 1. The molecule has 1 fully saturated rings. The quantitative estimate of drug-likeness (QED) is 0.590. The first-order chi connectivity index (χ1) is 12.1. The lowest BCUT2D eigenvalue weighted by Crippen LogP contribution is -2.31. The number of carbonyl (C=O) groups is 1. The van der Waals surface area contributed by atoms with Crippen molar-refractivity contribution in [2.24, 2.45) is 0 Å². The third-order valence-electron chi connectivity index (χ3n) is 4.51. The van der Waals surface area contributed by atoms with Crippen LogP contribution in [-0.2, 0) is 11.2 Å². The molecule has 6 heteroatoms. The average Bonchev–Trinajstić information content (AvgIpc) is 3.24. The number of fused-ring (bicyclic) bond motifs is 1. The van der Waals surface area contributed by atoms with Crippen LogP contribution in [0.2, 0.25) is 10.0 Å². The summed E-state index contributed by atoms with van der Waals surface area (Å²) in [7, 11) is 0. The Morgan fingerprint density at radius 2 is 2.04 bits per heavy atom. The molecular weight excluding hydrogens is 375 g/mol.